The van der Waals surface area contributed by atoms with E-state index < -0.39 is 156 Å². The van der Waals surface area contributed by atoms with Crippen molar-refractivity contribution in [3.05, 3.63) is 101 Å². The van der Waals surface area contributed by atoms with E-state index in [-0.39, 0.29) is 86.1 Å². The molecule has 2 aromatic heterocycles. The molecule has 30 nitrogen and oxygen atoms in total. The van der Waals surface area contributed by atoms with Gasteiger partial charge in [-0.15, -0.1) is 0 Å². The Kier molecular flexibility index (Phi) is 29.8. The molecular formula is C66H87ClN14O16S2. The number of aromatic hydroxyl groups is 1. The summed E-state index contributed by atoms with van der Waals surface area (Å²) in [7, 11) is 0. The van der Waals surface area contributed by atoms with Gasteiger partial charge in [-0.3, -0.25) is 57.5 Å². The summed E-state index contributed by atoms with van der Waals surface area (Å²) >= 11 is 14.9. The number of nitrogens with zero attached hydrogens (tertiary/aromatic N) is 1. The van der Waals surface area contributed by atoms with Gasteiger partial charge in [0.25, 0.3) is 0 Å². The van der Waals surface area contributed by atoms with E-state index in [1.165, 1.54) is 23.1 Å². The lowest BCUT2D eigenvalue weighted by Gasteiger charge is -2.30. The number of fused-ring (bicyclic) bond motifs is 2. The quantitative estimate of drug-likeness (QED) is 0.0240. The van der Waals surface area contributed by atoms with E-state index in [1.54, 1.807) is 64.4 Å². The number of likely N-dealkylation sites (tertiary alicyclic amines) is 1. The molecule has 0 bridgehead atoms. The summed E-state index contributed by atoms with van der Waals surface area (Å²) in [6.07, 6.45) is 2.08. The van der Waals surface area contributed by atoms with Crippen LogP contribution in [-0.4, -0.2) is 192 Å². The molecule has 6 rings (SSSR count). The van der Waals surface area contributed by atoms with Gasteiger partial charge in [0.1, 0.15) is 60.1 Å². The van der Waals surface area contributed by atoms with Gasteiger partial charge in [-0.25, -0.2) is 4.79 Å². The number of para-hydroxylation sites is 2. The molecule has 18 N–H and O–H groups in total. The number of aromatic nitrogens is 2. The second kappa shape index (κ2) is 37.5. The highest BCUT2D eigenvalue weighted by atomic mass is 35.5. The standard InChI is InChI=1S/C66H87ClN14O16S2/c1-5-34(4)56(64(94)75-45(66(96)97)17-20-53(69)83)80-61(91)48(27-37-29-71-43-14-9-7-12-39(37)43)76-62(92)49(31-98)78-60(90)46(23-33(2)3)73-54(84)30-72-58(88)47(25-35-16-19-52(82)40(67)24-35)77-63(93)51-15-10-22-81(51)65(95)50(32-99)79-59(89)44(18-21-55(85)86)74-57(87)41(68)26-36-28-70-42-13-8-6-11-38(36)42/h6-9,11-14,16,19,24,28-29,33-34,41,44-51,56,70-71,82,98-99H,5,10,15,17-18,20-23,25-27,30-32,68H2,1-4H3,(H2,69,83)(H,72,88)(H,73,84)(H,74,87)(H,75,94)(H,76,92)(H,77,93)(H,78,90)(H,79,89)(H,80,91)(H,85,86)(H,96,97)/t34-,41-,44+,45-,46-,47-,48-,49-,50-,51-,56-/m0/s1. The number of thiol groups is 2. The van der Waals surface area contributed by atoms with Gasteiger partial charge >= 0.3 is 11.9 Å². The fourth-order valence-electron chi connectivity index (χ4n) is 11.3. The van der Waals surface area contributed by atoms with Crippen LogP contribution in [0.15, 0.2) is 79.1 Å². The number of hydrogen-bond acceptors (Lipinski definition) is 17. The van der Waals surface area contributed by atoms with Crippen LogP contribution < -0.4 is 59.3 Å². The summed E-state index contributed by atoms with van der Waals surface area (Å²) in [6.45, 7) is 6.14. The molecule has 3 heterocycles. The first kappa shape index (κ1) is 78.6. The number of aliphatic carboxylic acids is 2. The number of phenols is 1. The van der Waals surface area contributed by atoms with E-state index in [0.717, 1.165) is 16.5 Å². The van der Waals surface area contributed by atoms with Gasteiger partial charge in [0.05, 0.1) is 17.6 Å². The third kappa shape index (κ3) is 22.8. The van der Waals surface area contributed by atoms with E-state index in [4.69, 9.17) is 23.1 Å². The number of primary amides is 1. The van der Waals surface area contributed by atoms with Gasteiger partial charge in [-0.1, -0.05) is 88.2 Å². The Labute approximate surface area is 586 Å². The lowest BCUT2D eigenvalue weighted by Crippen LogP contribution is -2.61. The third-order valence-corrected chi connectivity index (χ3v) is 17.9. The summed E-state index contributed by atoms with van der Waals surface area (Å²) in [5.74, 6) is -13.9. The zero-order chi connectivity index (χ0) is 72.8. The number of hydrogen-bond donors (Lipinski definition) is 18. The van der Waals surface area contributed by atoms with Crippen molar-refractivity contribution in [2.45, 2.75) is 159 Å². The predicted octanol–water partition coefficient (Wildman–Crippen LogP) is 0.516. The highest BCUT2D eigenvalue weighted by Gasteiger charge is 2.41. The highest BCUT2D eigenvalue weighted by Crippen LogP contribution is 2.26. The normalized spacial score (nSPS) is 15.9. The van der Waals surface area contributed by atoms with E-state index in [2.05, 4.69) is 83.1 Å². The Morgan fingerprint density at radius 2 is 1.17 bits per heavy atom. The molecule has 0 aliphatic carbocycles. The lowest BCUT2D eigenvalue weighted by atomic mass is 9.96. The molecule has 99 heavy (non-hydrogen) atoms. The molecule has 1 aliphatic rings. The van der Waals surface area contributed by atoms with E-state index in [9.17, 15) is 77.6 Å². The van der Waals surface area contributed by atoms with E-state index in [1.807, 2.05) is 24.3 Å². The Bertz CT molecular complexity index is 3760. The first-order chi connectivity index (χ1) is 47.0. The van der Waals surface area contributed by atoms with Gasteiger partial charge in [0, 0.05) is 77.9 Å². The number of nitrogens with one attached hydrogen (secondary N) is 11. The number of nitrogens with two attached hydrogens (primary N) is 2. The Morgan fingerprint density at radius 1 is 0.626 bits per heavy atom. The Balaban J connectivity index is 1.13. The molecule has 0 saturated carbocycles. The van der Waals surface area contributed by atoms with Crippen LogP contribution in [0.5, 0.6) is 5.75 Å². The largest absolute Gasteiger partial charge is 0.506 e. The van der Waals surface area contributed by atoms with Crippen LogP contribution in [0.1, 0.15) is 95.8 Å². The van der Waals surface area contributed by atoms with Crippen LogP contribution in [0.4, 0.5) is 0 Å². The summed E-state index contributed by atoms with van der Waals surface area (Å²) in [4.78, 5) is 184. The molecule has 5 aromatic rings. The first-order valence-corrected chi connectivity index (χ1v) is 33.9. The minimum absolute atomic E-state index is 0.000690. The fourth-order valence-corrected chi connectivity index (χ4v) is 12.0. The number of amides is 11. The number of halogens is 1. The molecule has 33 heteroatoms. The number of rotatable bonds is 38. The molecule has 3 aromatic carbocycles. The highest BCUT2D eigenvalue weighted by molar-refractivity contribution is 7.80. The molecule has 536 valence electrons. The Hall–Kier alpha value is -9.40. The zero-order valence-corrected chi connectivity index (χ0v) is 57.6. The van der Waals surface area contributed by atoms with Crippen LogP contribution in [0, 0.1) is 11.8 Å². The van der Waals surface area contributed by atoms with Crippen LogP contribution in [0.25, 0.3) is 21.8 Å². The number of carboxylic acid groups (broad SMARTS) is 2. The van der Waals surface area contributed by atoms with Crippen molar-refractivity contribution in [2.24, 2.45) is 23.3 Å². The van der Waals surface area contributed by atoms with Crippen molar-refractivity contribution in [3.63, 3.8) is 0 Å². The second-order valence-corrected chi connectivity index (χ2v) is 25.9. The molecule has 1 aliphatic heterocycles. The SMILES string of the molecule is CC[C@H](C)[C@H](NC(=O)[C@H](Cc1c[nH]c2ccccc12)NC(=O)[C@H](CS)NC(=O)[C@H](CC(C)C)NC(=O)CNC(=O)[C@H](Cc1ccc(O)c(Cl)c1)NC(=O)[C@@H]1CCCN1C(=O)[C@H](CS)NC(=O)[C@@H](CCC(=O)O)NC(=O)[C@@H](N)Cc1c[nH]c2ccccc12)C(=O)N[C@@H](CCC(N)=O)C(=O)O. The number of phenolic OH excluding ortho intramolecular Hbond substituents is 1. The topological polar surface area (TPSA) is 478 Å². The number of carbonyl (C=O) groups is 13. The molecule has 0 spiro atoms. The van der Waals surface area contributed by atoms with Gasteiger partial charge in [0.15, 0.2) is 0 Å². The number of H-pyrrole nitrogens is 2. The van der Waals surface area contributed by atoms with Crippen LogP contribution in [-0.2, 0) is 81.6 Å². The van der Waals surface area contributed by atoms with Crippen LogP contribution in [0.3, 0.4) is 0 Å². The van der Waals surface area contributed by atoms with Crippen molar-refractivity contribution in [3.8, 4) is 5.75 Å². The Morgan fingerprint density at radius 3 is 1.76 bits per heavy atom. The van der Waals surface area contributed by atoms with E-state index in [0.29, 0.717) is 34.9 Å². The summed E-state index contributed by atoms with van der Waals surface area (Å²) in [6, 6.07) is 4.66. The summed E-state index contributed by atoms with van der Waals surface area (Å²) < 4.78 is 0. The summed E-state index contributed by atoms with van der Waals surface area (Å²) in [5, 5.41) is 54.1. The van der Waals surface area contributed by atoms with E-state index >= 15 is 0 Å². The fraction of sp³-hybridized carbons (Fsp3) is 0.470. The van der Waals surface area contributed by atoms with Crippen molar-refractivity contribution in [1.82, 2.24) is 62.7 Å². The molecule has 11 atom stereocenters. The third-order valence-electron chi connectivity index (χ3n) is 16.9. The van der Waals surface area contributed by atoms with Crippen molar-refractivity contribution in [1.29, 1.82) is 0 Å². The first-order valence-electron chi connectivity index (χ1n) is 32.3. The maximum Gasteiger partial charge on any atom is 0.326 e. The minimum Gasteiger partial charge on any atom is -0.506 e. The monoisotopic (exact) mass is 1430 g/mol. The molecular weight excluding hydrogens is 1340 g/mol. The van der Waals surface area contributed by atoms with Crippen LogP contribution >= 0.6 is 36.9 Å². The second-order valence-electron chi connectivity index (χ2n) is 24.8. The number of benzene rings is 3. The van der Waals surface area contributed by atoms with Crippen molar-refractivity contribution in [2.75, 3.05) is 24.6 Å². The van der Waals surface area contributed by atoms with Gasteiger partial charge in [0.2, 0.25) is 65.0 Å². The smallest absolute Gasteiger partial charge is 0.326 e. The zero-order valence-electron chi connectivity index (χ0n) is 55.1. The maximum absolute atomic E-state index is 14.4. The maximum atomic E-state index is 14.4. The van der Waals surface area contributed by atoms with Crippen molar-refractivity contribution < 1.29 is 77.6 Å². The molecule has 0 radical (unpaired) electrons. The van der Waals surface area contributed by atoms with Gasteiger partial charge < -0.3 is 89.5 Å². The molecule has 1 fully saturated rings. The minimum atomic E-state index is -1.53. The van der Waals surface area contributed by atoms with Gasteiger partial charge in [-0.05, 0) is 91.3 Å². The molecule has 1 saturated heterocycles. The molecule has 11 amide bonds. The number of carbonyl (C=O) groups excluding carboxylic acids is 11. The van der Waals surface area contributed by atoms with Gasteiger partial charge in [-0.2, -0.15) is 25.3 Å². The van der Waals surface area contributed by atoms with Crippen LogP contribution in [0.2, 0.25) is 5.02 Å². The lowest BCUT2D eigenvalue weighted by molar-refractivity contribution is -0.143. The average molecular weight is 1430 g/mol. The average Bonchev–Trinajstić information content (AvgIpc) is 1.73. The summed E-state index contributed by atoms with van der Waals surface area (Å²) in [5.41, 5.74) is 14.7. The number of carboxylic acids is 2. The molecule has 0 unspecified atom stereocenters. The van der Waals surface area contributed by atoms with Crippen molar-refractivity contribution >= 4 is 136 Å². The number of aromatic amines is 2. The predicted molar refractivity (Wildman–Crippen MR) is 372 cm³/mol.